The van der Waals surface area contributed by atoms with Crippen LogP contribution in [0.25, 0.3) is 0 Å². The van der Waals surface area contributed by atoms with E-state index in [4.69, 9.17) is 5.73 Å². The number of para-hydroxylation sites is 1. The number of anilines is 1. The molecule has 0 unspecified atom stereocenters. The van der Waals surface area contributed by atoms with E-state index in [2.05, 4.69) is 9.80 Å². The van der Waals surface area contributed by atoms with Gasteiger partial charge in [0.15, 0.2) is 0 Å². The number of nitrogens with two attached hydrogens (primary N) is 1. The number of benzene rings is 1. The van der Waals surface area contributed by atoms with Crippen molar-refractivity contribution in [2.24, 2.45) is 11.1 Å². The molecule has 1 aliphatic carbocycles. The molecular formula is C16H24FN3. The van der Waals surface area contributed by atoms with Crippen molar-refractivity contribution in [1.82, 2.24) is 4.90 Å². The summed E-state index contributed by atoms with van der Waals surface area (Å²) in [7, 11) is 0. The smallest absolute Gasteiger partial charge is 0.146 e. The minimum absolute atomic E-state index is 0.113. The van der Waals surface area contributed by atoms with Gasteiger partial charge in [0.1, 0.15) is 5.82 Å². The fourth-order valence-electron chi connectivity index (χ4n) is 3.43. The van der Waals surface area contributed by atoms with Gasteiger partial charge in [-0.05, 0) is 36.9 Å². The van der Waals surface area contributed by atoms with Crippen LogP contribution in [0.4, 0.5) is 10.1 Å². The fraction of sp³-hybridized carbons (Fsp3) is 0.625. The van der Waals surface area contributed by atoms with E-state index in [9.17, 15) is 4.39 Å². The zero-order valence-electron chi connectivity index (χ0n) is 12.0. The van der Waals surface area contributed by atoms with Gasteiger partial charge >= 0.3 is 0 Å². The Balaban J connectivity index is 1.56. The summed E-state index contributed by atoms with van der Waals surface area (Å²) in [6, 6.07) is 7.07. The molecular weight excluding hydrogens is 253 g/mol. The van der Waals surface area contributed by atoms with Crippen molar-refractivity contribution >= 4 is 5.69 Å². The highest BCUT2D eigenvalue weighted by Crippen LogP contribution is 2.40. The quantitative estimate of drug-likeness (QED) is 0.914. The number of halogens is 1. The van der Waals surface area contributed by atoms with E-state index in [1.54, 1.807) is 12.1 Å². The van der Waals surface area contributed by atoms with E-state index >= 15 is 0 Å². The Kier molecular flexibility index (Phi) is 3.94. The maximum absolute atomic E-state index is 13.8. The van der Waals surface area contributed by atoms with Crippen molar-refractivity contribution in [3.8, 4) is 0 Å². The molecule has 20 heavy (non-hydrogen) atoms. The molecule has 110 valence electrons. The third-order valence-corrected chi connectivity index (χ3v) is 4.97. The van der Waals surface area contributed by atoms with Crippen LogP contribution < -0.4 is 10.6 Å². The highest BCUT2D eigenvalue weighted by molar-refractivity contribution is 5.47. The van der Waals surface area contributed by atoms with Crippen LogP contribution in [0.5, 0.6) is 0 Å². The molecule has 0 spiro atoms. The molecule has 0 amide bonds. The molecule has 3 rings (SSSR count). The van der Waals surface area contributed by atoms with E-state index < -0.39 is 0 Å². The predicted molar refractivity (Wildman–Crippen MR) is 80.4 cm³/mol. The van der Waals surface area contributed by atoms with Gasteiger partial charge in [0.2, 0.25) is 0 Å². The lowest BCUT2D eigenvalue weighted by Gasteiger charge is -2.46. The lowest BCUT2D eigenvalue weighted by Crippen LogP contribution is -2.53. The number of nitrogens with zero attached hydrogens (tertiary/aromatic N) is 2. The van der Waals surface area contributed by atoms with Crippen molar-refractivity contribution in [2.75, 3.05) is 44.2 Å². The molecule has 1 heterocycles. The highest BCUT2D eigenvalue weighted by atomic mass is 19.1. The zero-order chi connectivity index (χ0) is 14.0. The molecule has 3 nitrogen and oxygen atoms in total. The van der Waals surface area contributed by atoms with E-state index in [1.165, 1.54) is 19.3 Å². The summed E-state index contributed by atoms with van der Waals surface area (Å²) in [4.78, 5) is 4.66. The summed E-state index contributed by atoms with van der Waals surface area (Å²) in [5, 5.41) is 0. The molecule has 1 saturated carbocycles. The molecule has 0 bridgehead atoms. The molecule has 0 radical (unpaired) electrons. The van der Waals surface area contributed by atoms with E-state index in [1.807, 2.05) is 12.1 Å². The predicted octanol–water partition coefficient (Wildman–Crippen LogP) is 2.08. The molecule has 0 aromatic heterocycles. The minimum Gasteiger partial charge on any atom is -0.367 e. The highest BCUT2D eigenvalue weighted by Gasteiger charge is 2.37. The molecule has 1 aromatic carbocycles. The first-order valence-electron chi connectivity index (χ1n) is 7.64. The van der Waals surface area contributed by atoms with Gasteiger partial charge in [0, 0.05) is 32.7 Å². The Labute approximate surface area is 120 Å². The number of rotatable bonds is 4. The van der Waals surface area contributed by atoms with E-state index in [0.717, 1.165) is 45.0 Å². The first kappa shape index (κ1) is 13.8. The standard InChI is InChI=1S/C16H24FN3/c17-14-4-1-2-5-15(14)20-10-8-19(9-11-20)13-16(12-18)6-3-7-16/h1-2,4-5H,3,6-13,18H2. The Morgan fingerprint density at radius 1 is 1.10 bits per heavy atom. The molecule has 2 N–H and O–H groups in total. The maximum Gasteiger partial charge on any atom is 0.146 e. The van der Waals surface area contributed by atoms with Crippen molar-refractivity contribution < 1.29 is 4.39 Å². The first-order valence-corrected chi connectivity index (χ1v) is 7.64. The summed E-state index contributed by atoms with van der Waals surface area (Å²) in [6.45, 7) is 5.75. The van der Waals surface area contributed by atoms with Crippen molar-refractivity contribution in [3.05, 3.63) is 30.1 Å². The van der Waals surface area contributed by atoms with Crippen molar-refractivity contribution in [2.45, 2.75) is 19.3 Å². The van der Waals surface area contributed by atoms with Gasteiger partial charge in [-0.3, -0.25) is 4.90 Å². The minimum atomic E-state index is -0.113. The fourth-order valence-corrected chi connectivity index (χ4v) is 3.43. The van der Waals surface area contributed by atoms with E-state index in [-0.39, 0.29) is 5.82 Å². The van der Waals surface area contributed by atoms with Crippen LogP contribution in [0.3, 0.4) is 0 Å². The second-order valence-corrected chi connectivity index (χ2v) is 6.27. The lowest BCUT2D eigenvalue weighted by molar-refractivity contribution is 0.0717. The van der Waals surface area contributed by atoms with Crippen LogP contribution in [0.1, 0.15) is 19.3 Å². The summed E-state index contributed by atoms with van der Waals surface area (Å²) < 4.78 is 13.8. The largest absolute Gasteiger partial charge is 0.367 e. The maximum atomic E-state index is 13.8. The molecule has 1 saturated heterocycles. The Morgan fingerprint density at radius 2 is 1.80 bits per heavy atom. The lowest BCUT2D eigenvalue weighted by atomic mass is 9.68. The average Bonchev–Trinajstić information content (AvgIpc) is 2.44. The third kappa shape index (κ3) is 2.67. The molecule has 1 aliphatic heterocycles. The molecule has 1 aromatic rings. The topological polar surface area (TPSA) is 32.5 Å². The van der Waals surface area contributed by atoms with Crippen molar-refractivity contribution in [3.63, 3.8) is 0 Å². The van der Waals surface area contributed by atoms with Crippen LogP contribution in [0.15, 0.2) is 24.3 Å². The normalized spacial score (nSPS) is 22.6. The third-order valence-electron chi connectivity index (χ3n) is 4.97. The van der Waals surface area contributed by atoms with Gasteiger partial charge in [-0.25, -0.2) is 4.39 Å². The second kappa shape index (κ2) is 5.70. The van der Waals surface area contributed by atoms with Crippen LogP contribution >= 0.6 is 0 Å². The number of hydrogen-bond donors (Lipinski definition) is 1. The van der Waals surface area contributed by atoms with Gasteiger partial charge < -0.3 is 10.6 Å². The summed E-state index contributed by atoms with van der Waals surface area (Å²) in [5.41, 5.74) is 7.05. The SMILES string of the molecule is NCC1(CN2CCN(c3ccccc3F)CC2)CCC1. The molecule has 2 fully saturated rings. The van der Waals surface area contributed by atoms with E-state index in [0.29, 0.717) is 5.41 Å². The van der Waals surface area contributed by atoms with Gasteiger partial charge in [-0.2, -0.15) is 0 Å². The van der Waals surface area contributed by atoms with Crippen molar-refractivity contribution in [1.29, 1.82) is 0 Å². The average molecular weight is 277 g/mol. The Hall–Kier alpha value is -1.13. The summed E-state index contributed by atoms with van der Waals surface area (Å²) >= 11 is 0. The number of hydrogen-bond acceptors (Lipinski definition) is 3. The van der Waals surface area contributed by atoms with Gasteiger partial charge in [0.05, 0.1) is 5.69 Å². The first-order chi connectivity index (χ1) is 9.72. The molecule has 4 heteroatoms. The van der Waals surface area contributed by atoms with Crippen LogP contribution in [0, 0.1) is 11.2 Å². The Morgan fingerprint density at radius 3 is 2.35 bits per heavy atom. The molecule has 2 aliphatic rings. The summed E-state index contributed by atoms with van der Waals surface area (Å²) in [5.74, 6) is -0.113. The zero-order valence-corrected chi connectivity index (χ0v) is 12.0. The van der Waals surface area contributed by atoms with Gasteiger partial charge in [0.25, 0.3) is 0 Å². The van der Waals surface area contributed by atoms with Crippen LogP contribution in [0.2, 0.25) is 0 Å². The van der Waals surface area contributed by atoms with Crippen LogP contribution in [-0.4, -0.2) is 44.2 Å². The van der Waals surface area contributed by atoms with Crippen LogP contribution in [-0.2, 0) is 0 Å². The molecule has 0 atom stereocenters. The summed E-state index contributed by atoms with van der Waals surface area (Å²) in [6.07, 6.45) is 3.88. The van der Waals surface area contributed by atoms with Gasteiger partial charge in [-0.15, -0.1) is 0 Å². The second-order valence-electron chi connectivity index (χ2n) is 6.27. The Bertz CT molecular complexity index is 445. The monoisotopic (exact) mass is 277 g/mol. The number of piperazine rings is 1. The van der Waals surface area contributed by atoms with Gasteiger partial charge in [-0.1, -0.05) is 18.6 Å².